The smallest absolute Gasteiger partial charge is 0.338 e. The SMILES string of the molecule is COc1cc(C(=O)OCC(=O)N(C)Cc2ccsc2)cc(OC)c1OC. The highest BCUT2D eigenvalue weighted by Gasteiger charge is 2.19. The van der Waals surface area contributed by atoms with Gasteiger partial charge in [0.05, 0.1) is 26.9 Å². The Morgan fingerprint density at radius 2 is 1.73 bits per heavy atom. The van der Waals surface area contributed by atoms with E-state index in [0.717, 1.165) is 5.56 Å². The fraction of sp³-hybridized carbons (Fsp3) is 0.333. The Bertz CT molecular complexity index is 734. The molecule has 0 fully saturated rings. The minimum absolute atomic E-state index is 0.202. The van der Waals surface area contributed by atoms with E-state index in [-0.39, 0.29) is 18.1 Å². The van der Waals surface area contributed by atoms with E-state index >= 15 is 0 Å². The topological polar surface area (TPSA) is 74.3 Å². The van der Waals surface area contributed by atoms with Crippen LogP contribution in [0.25, 0.3) is 0 Å². The molecular formula is C18H21NO6S. The zero-order chi connectivity index (χ0) is 19.1. The van der Waals surface area contributed by atoms with Crippen LogP contribution in [0.15, 0.2) is 29.0 Å². The number of amides is 1. The lowest BCUT2D eigenvalue weighted by atomic mass is 10.2. The molecule has 0 aliphatic heterocycles. The number of hydrogen-bond acceptors (Lipinski definition) is 7. The van der Waals surface area contributed by atoms with Crippen LogP contribution in [0.1, 0.15) is 15.9 Å². The largest absolute Gasteiger partial charge is 0.493 e. The van der Waals surface area contributed by atoms with Gasteiger partial charge in [0.15, 0.2) is 18.1 Å². The van der Waals surface area contributed by atoms with Gasteiger partial charge in [-0.05, 0) is 34.5 Å². The minimum Gasteiger partial charge on any atom is -0.493 e. The second-order valence-corrected chi connectivity index (χ2v) is 6.15. The van der Waals surface area contributed by atoms with Crippen LogP contribution in [0, 0.1) is 0 Å². The van der Waals surface area contributed by atoms with E-state index < -0.39 is 5.97 Å². The van der Waals surface area contributed by atoms with Crippen molar-refractivity contribution in [2.75, 3.05) is 35.0 Å². The maximum absolute atomic E-state index is 12.3. The summed E-state index contributed by atoms with van der Waals surface area (Å²) in [7, 11) is 6.04. The summed E-state index contributed by atoms with van der Waals surface area (Å²) in [5.41, 5.74) is 1.23. The van der Waals surface area contributed by atoms with Gasteiger partial charge < -0.3 is 23.8 Å². The molecule has 1 heterocycles. The summed E-state index contributed by atoms with van der Waals surface area (Å²) >= 11 is 1.56. The molecule has 140 valence electrons. The minimum atomic E-state index is -0.651. The first-order valence-corrected chi connectivity index (χ1v) is 8.66. The molecule has 0 spiro atoms. The molecule has 0 radical (unpaired) electrons. The monoisotopic (exact) mass is 379 g/mol. The van der Waals surface area contributed by atoms with Gasteiger partial charge in [-0.25, -0.2) is 4.79 Å². The Morgan fingerprint density at radius 3 is 2.23 bits per heavy atom. The fourth-order valence-electron chi connectivity index (χ4n) is 2.26. The summed E-state index contributed by atoms with van der Waals surface area (Å²) in [5.74, 6) is 0.0936. The molecule has 0 atom stereocenters. The van der Waals surface area contributed by atoms with Crippen LogP contribution in [-0.4, -0.2) is 51.8 Å². The summed E-state index contributed by atoms with van der Waals surface area (Å²) in [5, 5.41) is 3.91. The number of thiophene rings is 1. The Kier molecular flexibility index (Phi) is 6.85. The summed E-state index contributed by atoms with van der Waals surface area (Å²) in [6, 6.07) is 4.89. The number of methoxy groups -OCH3 is 3. The van der Waals surface area contributed by atoms with Crippen molar-refractivity contribution in [3.05, 3.63) is 40.1 Å². The first kappa shape index (κ1) is 19.6. The second kappa shape index (κ2) is 9.10. The molecule has 8 heteroatoms. The molecule has 0 aliphatic carbocycles. The third-order valence-electron chi connectivity index (χ3n) is 3.65. The highest BCUT2D eigenvalue weighted by molar-refractivity contribution is 7.07. The first-order chi connectivity index (χ1) is 12.5. The Morgan fingerprint density at radius 1 is 1.08 bits per heavy atom. The summed E-state index contributed by atoms with van der Waals surface area (Å²) < 4.78 is 20.7. The lowest BCUT2D eigenvalue weighted by molar-refractivity contribution is -0.133. The van der Waals surface area contributed by atoms with E-state index in [1.165, 1.54) is 38.4 Å². The van der Waals surface area contributed by atoms with Gasteiger partial charge in [-0.1, -0.05) is 0 Å². The van der Waals surface area contributed by atoms with E-state index in [1.54, 1.807) is 18.4 Å². The fourth-order valence-corrected chi connectivity index (χ4v) is 2.92. The highest BCUT2D eigenvalue weighted by atomic mass is 32.1. The van der Waals surface area contributed by atoms with Gasteiger partial charge in [0, 0.05) is 13.6 Å². The van der Waals surface area contributed by atoms with E-state index in [4.69, 9.17) is 18.9 Å². The number of carbonyl (C=O) groups excluding carboxylic acids is 2. The van der Waals surface area contributed by atoms with Crippen LogP contribution in [-0.2, 0) is 16.1 Å². The van der Waals surface area contributed by atoms with Crippen molar-refractivity contribution < 1.29 is 28.5 Å². The predicted molar refractivity (Wildman–Crippen MR) is 97.2 cm³/mol. The van der Waals surface area contributed by atoms with Gasteiger partial charge in [0.2, 0.25) is 5.75 Å². The second-order valence-electron chi connectivity index (χ2n) is 5.37. The zero-order valence-corrected chi connectivity index (χ0v) is 15.9. The molecule has 0 aliphatic rings. The van der Waals surface area contributed by atoms with Gasteiger partial charge in [0.1, 0.15) is 0 Å². The average molecular weight is 379 g/mol. The summed E-state index contributed by atoms with van der Waals surface area (Å²) in [6.07, 6.45) is 0. The number of nitrogens with zero attached hydrogens (tertiary/aromatic N) is 1. The van der Waals surface area contributed by atoms with Crippen LogP contribution in [0.5, 0.6) is 17.2 Å². The number of esters is 1. The van der Waals surface area contributed by atoms with Crippen LogP contribution >= 0.6 is 11.3 Å². The van der Waals surface area contributed by atoms with Gasteiger partial charge in [0.25, 0.3) is 5.91 Å². The van der Waals surface area contributed by atoms with E-state index in [1.807, 2.05) is 16.8 Å². The molecule has 0 bridgehead atoms. The zero-order valence-electron chi connectivity index (χ0n) is 15.1. The summed E-state index contributed by atoms with van der Waals surface area (Å²) in [4.78, 5) is 25.9. The third-order valence-corrected chi connectivity index (χ3v) is 4.38. The lowest BCUT2D eigenvalue weighted by Gasteiger charge is -2.17. The molecule has 0 N–H and O–H groups in total. The Labute approximate surface area is 156 Å². The van der Waals surface area contributed by atoms with Gasteiger partial charge in [-0.2, -0.15) is 11.3 Å². The van der Waals surface area contributed by atoms with Crippen LogP contribution < -0.4 is 14.2 Å². The predicted octanol–water partition coefficient (Wildman–Crippen LogP) is 2.59. The molecule has 1 aromatic heterocycles. The lowest BCUT2D eigenvalue weighted by Crippen LogP contribution is -2.30. The molecule has 2 rings (SSSR count). The molecule has 0 saturated heterocycles. The van der Waals surface area contributed by atoms with Crippen molar-refractivity contribution in [3.8, 4) is 17.2 Å². The van der Waals surface area contributed by atoms with Crippen molar-refractivity contribution >= 4 is 23.2 Å². The van der Waals surface area contributed by atoms with Crippen molar-refractivity contribution in [2.24, 2.45) is 0 Å². The number of carbonyl (C=O) groups is 2. The third kappa shape index (κ3) is 4.66. The van der Waals surface area contributed by atoms with Gasteiger partial charge >= 0.3 is 5.97 Å². The molecule has 7 nitrogen and oxygen atoms in total. The Balaban J connectivity index is 2.02. The van der Waals surface area contributed by atoms with Crippen LogP contribution in [0.2, 0.25) is 0 Å². The Hall–Kier alpha value is -2.74. The number of benzene rings is 1. The van der Waals surface area contributed by atoms with Gasteiger partial charge in [-0.3, -0.25) is 4.79 Å². The molecule has 0 saturated carbocycles. The van der Waals surface area contributed by atoms with Crippen LogP contribution in [0.3, 0.4) is 0 Å². The van der Waals surface area contributed by atoms with Crippen molar-refractivity contribution in [2.45, 2.75) is 6.54 Å². The van der Waals surface area contributed by atoms with Gasteiger partial charge in [-0.15, -0.1) is 0 Å². The quantitative estimate of drug-likeness (QED) is 0.657. The van der Waals surface area contributed by atoms with Crippen molar-refractivity contribution in [1.29, 1.82) is 0 Å². The van der Waals surface area contributed by atoms with Crippen molar-refractivity contribution in [3.63, 3.8) is 0 Å². The molecule has 1 aromatic carbocycles. The normalized spacial score (nSPS) is 10.2. The molecular weight excluding hydrogens is 358 g/mol. The van der Waals surface area contributed by atoms with E-state index in [2.05, 4.69) is 0 Å². The molecule has 2 aromatic rings. The summed E-state index contributed by atoms with van der Waals surface area (Å²) in [6.45, 7) is 0.111. The number of likely N-dealkylation sites (N-methyl/N-ethyl adjacent to an activating group) is 1. The molecule has 0 unspecified atom stereocenters. The van der Waals surface area contributed by atoms with E-state index in [9.17, 15) is 9.59 Å². The van der Waals surface area contributed by atoms with E-state index in [0.29, 0.717) is 23.8 Å². The highest BCUT2D eigenvalue weighted by Crippen LogP contribution is 2.38. The average Bonchev–Trinajstić information content (AvgIpc) is 3.17. The first-order valence-electron chi connectivity index (χ1n) is 7.72. The van der Waals surface area contributed by atoms with Crippen molar-refractivity contribution in [1.82, 2.24) is 4.90 Å². The maximum atomic E-state index is 12.3. The molecule has 1 amide bonds. The molecule has 26 heavy (non-hydrogen) atoms. The maximum Gasteiger partial charge on any atom is 0.338 e. The number of rotatable bonds is 8. The standard InChI is InChI=1S/C18H21NO6S/c1-19(9-12-5-6-26-11-12)16(20)10-25-18(21)13-7-14(22-2)17(24-4)15(8-13)23-3/h5-8,11H,9-10H2,1-4H3. The number of ether oxygens (including phenoxy) is 4. The number of hydrogen-bond donors (Lipinski definition) is 0. The van der Waals surface area contributed by atoms with Crippen LogP contribution in [0.4, 0.5) is 0 Å².